The molecule has 0 spiro atoms. The predicted molar refractivity (Wildman–Crippen MR) is 107 cm³/mol. The maximum atomic E-state index is 12.3. The number of carbonyl (C=O) groups is 2. The molecular formula is C19H19N3O3S2. The van der Waals surface area contributed by atoms with E-state index in [0.717, 1.165) is 26.4 Å². The Balaban J connectivity index is 1.66. The molecular weight excluding hydrogens is 382 g/mol. The van der Waals surface area contributed by atoms with E-state index in [0.29, 0.717) is 0 Å². The summed E-state index contributed by atoms with van der Waals surface area (Å²) in [4.78, 5) is 34.5. The quantitative estimate of drug-likeness (QED) is 0.467. The van der Waals surface area contributed by atoms with Gasteiger partial charge >= 0.3 is 5.97 Å². The van der Waals surface area contributed by atoms with Crippen molar-refractivity contribution >= 4 is 45.2 Å². The number of aromatic nitrogens is 2. The van der Waals surface area contributed by atoms with Crippen molar-refractivity contribution in [1.82, 2.24) is 15.3 Å². The fourth-order valence-electron chi connectivity index (χ4n) is 2.68. The van der Waals surface area contributed by atoms with E-state index in [1.807, 2.05) is 44.2 Å². The Hall–Kier alpha value is -2.45. The van der Waals surface area contributed by atoms with Gasteiger partial charge in [-0.25, -0.2) is 14.8 Å². The van der Waals surface area contributed by atoms with Gasteiger partial charge in [0.15, 0.2) is 0 Å². The molecule has 0 aliphatic rings. The first-order valence-electron chi connectivity index (χ1n) is 8.35. The summed E-state index contributed by atoms with van der Waals surface area (Å²) in [5.41, 5.74) is 1.98. The Kier molecular flexibility index (Phi) is 6.08. The van der Waals surface area contributed by atoms with Crippen LogP contribution in [0.15, 0.2) is 41.7 Å². The van der Waals surface area contributed by atoms with E-state index in [1.54, 1.807) is 11.3 Å². The number of thiophene rings is 1. The second-order valence-electron chi connectivity index (χ2n) is 6.08. The summed E-state index contributed by atoms with van der Waals surface area (Å²) in [6.45, 7) is 4.05. The van der Waals surface area contributed by atoms with Gasteiger partial charge in [-0.2, -0.15) is 0 Å². The summed E-state index contributed by atoms with van der Waals surface area (Å²) >= 11 is 2.90. The number of carboxylic acid groups (broad SMARTS) is 1. The SMILES string of the molecule is Cc1sc2ncnc(SCC(=O)N[C@H](Cc3ccccc3)C(=O)O)c2c1C. The maximum absolute atomic E-state index is 12.3. The number of hydrogen-bond acceptors (Lipinski definition) is 6. The van der Waals surface area contributed by atoms with Crippen LogP contribution in [0, 0.1) is 13.8 Å². The second-order valence-corrected chi connectivity index (χ2v) is 8.25. The number of carbonyl (C=O) groups excluding carboxylic acids is 1. The summed E-state index contributed by atoms with van der Waals surface area (Å²) in [6.07, 6.45) is 1.74. The molecule has 3 rings (SSSR count). The topological polar surface area (TPSA) is 92.2 Å². The zero-order valence-electron chi connectivity index (χ0n) is 14.9. The minimum atomic E-state index is -1.05. The number of rotatable bonds is 7. The lowest BCUT2D eigenvalue weighted by Crippen LogP contribution is -2.43. The molecule has 0 bridgehead atoms. The van der Waals surface area contributed by atoms with Crippen LogP contribution in [0.1, 0.15) is 16.0 Å². The molecule has 2 aromatic heterocycles. The monoisotopic (exact) mass is 401 g/mol. The summed E-state index contributed by atoms with van der Waals surface area (Å²) in [6, 6.07) is 8.28. The minimum absolute atomic E-state index is 0.0962. The smallest absolute Gasteiger partial charge is 0.326 e. The van der Waals surface area contributed by atoms with Gasteiger partial charge in [0.2, 0.25) is 5.91 Å². The number of aryl methyl sites for hydroxylation is 2. The van der Waals surface area contributed by atoms with Gasteiger partial charge in [-0.05, 0) is 25.0 Å². The molecule has 2 heterocycles. The van der Waals surface area contributed by atoms with Crippen LogP contribution in [0.25, 0.3) is 10.2 Å². The minimum Gasteiger partial charge on any atom is -0.480 e. The zero-order chi connectivity index (χ0) is 19.4. The van der Waals surface area contributed by atoms with E-state index in [-0.39, 0.29) is 18.1 Å². The Morgan fingerprint density at radius 3 is 2.67 bits per heavy atom. The van der Waals surface area contributed by atoms with E-state index >= 15 is 0 Å². The van der Waals surface area contributed by atoms with Gasteiger partial charge in [0, 0.05) is 16.7 Å². The van der Waals surface area contributed by atoms with Crippen molar-refractivity contribution in [2.75, 3.05) is 5.75 Å². The van der Waals surface area contributed by atoms with Crippen molar-refractivity contribution in [2.45, 2.75) is 31.3 Å². The molecule has 0 aliphatic heterocycles. The van der Waals surface area contributed by atoms with Crippen molar-refractivity contribution in [3.63, 3.8) is 0 Å². The van der Waals surface area contributed by atoms with Crippen LogP contribution >= 0.6 is 23.1 Å². The number of aliphatic carboxylic acids is 1. The standard InChI is InChI=1S/C19H19N3O3S2/c1-11-12(2)27-18-16(11)17(20-10-21-18)26-9-15(23)22-14(19(24)25)8-13-6-4-3-5-7-13/h3-7,10,14H,8-9H2,1-2H3,(H,22,23)(H,24,25)/t14-/m1/s1. The molecule has 3 aromatic rings. The van der Waals surface area contributed by atoms with E-state index in [2.05, 4.69) is 15.3 Å². The molecule has 1 amide bonds. The average molecular weight is 402 g/mol. The van der Waals surface area contributed by atoms with Crippen LogP contribution in [0.4, 0.5) is 0 Å². The average Bonchev–Trinajstić information content (AvgIpc) is 2.95. The number of nitrogens with one attached hydrogen (secondary N) is 1. The second kappa shape index (κ2) is 8.49. The van der Waals surface area contributed by atoms with Gasteiger partial charge in [0.05, 0.1) is 5.75 Å². The summed E-state index contributed by atoms with van der Waals surface area (Å²) in [7, 11) is 0. The zero-order valence-corrected chi connectivity index (χ0v) is 16.6. The number of nitrogens with zero attached hydrogens (tertiary/aromatic N) is 2. The van der Waals surface area contributed by atoms with Crippen LogP contribution in [-0.2, 0) is 16.0 Å². The van der Waals surface area contributed by atoms with E-state index < -0.39 is 12.0 Å². The van der Waals surface area contributed by atoms with Crippen molar-refractivity contribution in [3.8, 4) is 0 Å². The van der Waals surface area contributed by atoms with Gasteiger partial charge < -0.3 is 10.4 Å². The van der Waals surface area contributed by atoms with Crippen LogP contribution in [0.5, 0.6) is 0 Å². The molecule has 1 aromatic carbocycles. The van der Waals surface area contributed by atoms with Crippen LogP contribution in [0.2, 0.25) is 0 Å². The van der Waals surface area contributed by atoms with Crippen molar-refractivity contribution in [1.29, 1.82) is 0 Å². The number of carboxylic acids is 1. The Bertz CT molecular complexity index is 973. The molecule has 0 radical (unpaired) electrons. The predicted octanol–water partition coefficient (Wildman–Crippen LogP) is 3.21. The number of amides is 1. The first-order chi connectivity index (χ1) is 13.0. The lowest BCUT2D eigenvalue weighted by atomic mass is 10.1. The molecule has 0 saturated carbocycles. The fraction of sp³-hybridized carbons (Fsp3) is 0.263. The Morgan fingerprint density at radius 1 is 1.22 bits per heavy atom. The number of hydrogen-bond donors (Lipinski definition) is 2. The van der Waals surface area contributed by atoms with Crippen molar-refractivity contribution < 1.29 is 14.7 Å². The maximum Gasteiger partial charge on any atom is 0.326 e. The highest BCUT2D eigenvalue weighted by molar-refractivity contribution is 8.00. The highest BCUT2D eigenvalue weighted by Gasteiger charge is 2.21. The summed E-state index contributed by atoms with van der Waals surface area (Å²) in [5, 5.41) is 13.7. The number of thioether (sulfide) groups is 1. The van der Waals surface area contributed by atoms with Gasteiger partial charge in [-0.3, -0.25) is 4.79 Å². The molecule has 0 unspecified atom stereocenters. The van der Waals surface area contributed by atoms with E-state index in [4.69, 9.17) is 0 Å². The first kappa shape index (κ1) is 19.3. The van der Waals surface area contributed by atoms with Crippen molar-refractivity contribution in [2.24, 2.45) is 0 Å². The fourth-order valence-corrected chi connectivity index (χ4v) is 4.61. The van der Waals surface area contributed by atoms with Gasteiger partial charge in [-0.1, -0.05) is 42.1 Å². The van der Waals surface area contributed by atoms with Gasteiger partial charge in [0.25, 0.3) is 0 Å². The van der Waals surface area contributed by atoms with E-state index in [1.165, 1.54) is 23.0 Å². The first-order valence-corrected chi connectivity index (χ1v) is 10.2. The van der Waals surface area contributed by atoms with Crippen LogP contribution < -0.4 is 5.32 Å². The van der Waals surface area contributed by atoms with Crippen molar-refractivity contribution in [3.05, 3.63) is 52.7 Å². The third-order valence-electron chi connectivity index (χ3n) is 4.19. The third kappa shape index (κ3) is 4.64. The highest BCUT2D eigenvalue weighted by atomic mass is 32.2. The van der Waals surface area contributed by atoms with Crippen LogP contribution in [-0.4, -0.2) is 38.7 Å². The molecule has 2 N–H and O–H groups in total. The number of benzene rings is 1. The molecule has 1 atom stereocenters. The molecule has 6 nitrogen and oxygen atoms in total. The molecule has 0 fully saturated rings. The van der Waals surface area contributed by atoms with Gasteiger partial charge in [-0.15, -0.1) is 11.3 Å². The molecule has 8 heteroatoms. The Labute approximate surface area is 165 Å². The van der Waals surface area contributed by atoms with Crippen LogP contribution in [0.3, 0.4) is 0 Å². The Morgan fingerprint density at radius 2 is 1.96 bits per heavy atom. The number of fused-ring (bicyclic) bond motifs is 1. The normalized spacial score (nSPS) is 12.1. The van der Waals surface area contributed by atoms with Gasteiger partial charge in [0.1, 0.15) is 22.2 Å². The molecule has 0 saturated heterocycles. The largest absolute Gasteiger partial charge is 0.480 e. The lowest BCUT2D eigenvalue weighted by molar-refractivity contribution is -0.141. The summed E-state index contributed by atoms with van der Waals surface area (Å²) < 4.78 is 0. The molecule has 0 aliphatic carbocycles. The summed E-state index contributed by atoms with van der Waals surface area (Å²) in [5.74, 6) is -1.29. The third-order valence-corrected chi connectivity index (χ3v) is 6.29. The molecule has 140 valence electrons. The lowest BCUT2D eigenvalue weighted by Gasteiger charge is -2.14. The van der Waals surface area contributed by atoms with E-state index in [9.17, 15) is 14.7 Å². The molecule has 27 heavy (non-hydrogen) atoms. The highest BCUT2D eigenvalue weighted by Crippen LogP contribution is 2.34.